The second-order valence-corrected chi connectivity index (χ2v) is 5.64. The highest BCUT2D eigenvalue weighted by molar-refractivity contribution is 6.31. The zero-order chi connectivity index (χ0) is 13.9. The molecule has 0 bridgehead atoms. The number of aliphatic hydroxyl groups is 1. The second-order valence-electron chi connectivity index (χ2n) is 5.24. The Morgan fingerprint density at radius 2 is 1.83 bits per heavy atom. The van der Waals surface area contributed by atoms with Crippen LogP contribution in [0.15, 0.2) is 18.2 Å². The van der Waals surface area contributed by atoms with Gasteiger partial charge in [-0.25, -0.2) is 0 Å². The quantitative estimate of drug-likeness (QED) is 0.879. The summed E-state index contributed by atoms with van der Waals surface area (Å²) in [5, 5.41) is 11.3. The highest BCUT2D eigenvalue weighted by Crippen LogP contribution is 2.32. The fourth-order valence-corrected chi connectivity index (χ4v) is 2.59. The van der Waals surface area contributed by atoms with Gasteiger partial charge in [-0.1, -0.05) is 37.6 Å². The van der Waals surface area contributed by atoms with Crippen LogP contribution in [-0.2, 0) is 0 Å². The average molecular weight is 270 g/mol. The summed E-state index contributed by atoms with van der Waals surface area (Å²) in [5.74, 6) is 0. The van der Waals surface area contributed by atoms with E-state index in [1.807, 2.05) is 25.1 Å². The molecule has 18 heavy (non-hydrogen) atoms. The zero-order valence-electron chi connectivity index (χ0n) is 12.0. The van der Waals surface area contributed by atoms with E-state index in [0.29, 0.717) is 5.02 Å². The highest BCUT2D eigenvalue weighted by atomic mass is 35.5. The van der Waals surface area contributed by atoms with Crippen LogP contribution >= 0.6 is 11.6 Å². The maximum atomic E-state index is 10.6. The molecule has 1 N–H and O–H groups in total. The van der Waals surface area contributed by atoms with Crippen molar-refractivity contribution in [3.63, 3.8) is 0 Å². The minimum atomic E-state index is -0.546. The maximum absolute atomic E-state index is 10.6. The summed E-state index contributed by atoms with van der Waals surface area (Å²) in [7, 11) is 0. The van der Waals surface area contributed by atoms with E-state index >= 15 is 0 Å². The molecule has 0 saturated carbocycles. The van der Waals surface area contributed by atoms with Gasteiger partial charge in [0, 0.05) is 10.6 Å². The van der Waals surface area contributed by atoms with Crippen LogP contribution in [0.1, 0.15) is 44.9 Å². The van der Waals surface area contributed by atoms with E-state index in [-0.39, 0.29) is 5.54 Å². The molecule has 0 fully saturated rings. The highest BCUT2D eigenvalue weighted by Gasteiger charge is 2.33. The van der Waals surface area contributed by atoms with Gasteiger partial charge in [0.05, 0.1) is 6.10 Å². The summed E-state index contributed by atoms with van der Waals surface area (Å²) in [6.45, 7) is 12.2. The fourth-order valence-electron chi connectivity index (χ4n) is 2.40. The molecular formula is C15H24ClNO. The molecule has 1 aromatic rings. The van der Waals surface area contributed by atoms with Crippen LogP contribution in [0.3, 0.4) is 0 Å². The van der Waals surface area contributed by atoms with Gasteiger partial charge in [0.1, 0.15) is 0 Å². The van der Waals surface area contributed by atoms with Crippen LogP contribution in [-0.4, -0.2) is 28.6 Å². The lowest BCUT2D eigenvalue weighted by Crippen LogP contribution is -2.48. The minimum Gasteiger partial charge on any atom is -0.386 e. The Hall–Kier alpha value is -0.570. The van der Waals surface area contributed by atoms with E-state index in [1.165, 1.54) is 0 Å². The monoisotopic (exact) mass is 269 g/mol. The summed E-state index contributed by atoms with van der Waals surface area (Å²) >= 11 is 6.13. The summed E-state index contributed by atoms with van der Waals surface area (Å²) in [6, 6.07) is 5.78. The van der Waals surface area contributed by atoms with Crippen LogP contribution in [0, 0.1) is 6.92 Å². The zero-order valence-corrected chi connectivity index (χ0v) is 12.8. The molecular weight excluding hydrogens is 246 g/mol. The largest absolute Gasteiger partial charge is 0.386 e. The van der Waals surface area contributed by atoms with Crippen LogP contribution in [0.2, 0.25) is 5.02 Å². The topological polar surface area (TPSA) is 23.5 Å². The van der Waals surface area contributed by atoms with Gasteiger partial charge in [-0.3, -0.25) is 4.90 Å². The molecule has 1 atom stereocenters. The SMILES string of the molecule is CCN(CC)C(C)(C)C(O)c1ccc(C)c(Cl)c1. The Morgan fingerprint density at radius 3 is 2.28 bits per heavy atom. The summed E-state index contributed by atoms with van der Waals surface area (Å²) in [6.07, 6.45) is -0.546. The minimum absolute atomic E-state index is 0.303. The first kappa shape index (κ1) is 15.5. The van der Waals surface area contributed by atoms with Crippen molar-refractivity contribution in [3.8, 4) is 0 Å². The Morgan fingerprint density at radius 1 is 1.28 bits per heavy atom. The van der Waals surface area contributed by atoms with Gasteiger partial charge in [-0.15, -0.1) is 0 Å². The van der Waals surface area contributed by atoms with Gasteiger partial charge in [0.25, 0.3) is 0 Å². The molecule has 3 heteroatoms. The number of nitrogens with zero attached hydrogens (tertiary/aromatic N) is 1. The number of likely N-dealkylation sites (N-methyl/N-ethyl adjacent to an activating group) is 1. The van der Waals surface area contributed by atoms with Crippen molar-refractivity contribution in [2.45, 2.75) is 46.3 Å². The van der Waals surface area contributed by atoms with Crippen molar-refractivity contribution in [1.29, 1.82) is 0 Å². The molecule has 1 rings (SSSR count). The summed E-state index contributed by atoms with van der Waals surface area (Å²) < 4.78 is 0. The second kappa shape index (κ2) is 6.05. The fraction of sp³-hybridized carbons (Fsp3) is 0.600. The first-order valence-electron chi connectivity index (χ1n) is 6.53. The Balaban J connectivity index is 3.04. The van der Waals surface area contributed by atoms with E-state index in [0.717, 1.165) is 24.2 Å². The molecule has 1 aromatic carbocycles. The van der Waals surface area contributed by atoms with Gasteiger partial charge >= 0.3 is 0 Å². The lowest BCUT2D eigenvalue weighted by atomic mass is 9.89. The molecule has 2 nitrogen and oxygen atoms in total. The van der Waals surface area contributed by atoms with Crippen molar-refractivity contribution in [1.82, 2.24) is 4.90 Å². The van der Waals surface area contributed by atoms with E-state index in [9.17, 15) is 5.11 Å². The van der Waals surface area contributed by atoms with E-state index < -0.39 is 6.10 Å². The first-order chi connectivity index (χ1) is 8.34. The van der Waals surface area contributed by atoms with E-state index in [2.05, 4.69) is 32.6 Å². The summed E-state index contributed by atoms with van der Waals surface area (Å²) in [4.78, 5) is 2.26. The van der Waals surface area contributed by atoms with Crippen LogP contribution in [0.5, 0.6) is 0 Å². The third kappa shape index (κ3) is 3.05. The third-order valence-corrected chi connectivity index (χ3v) is 4.17. The predicted octanol–water partition coefficient (Wildman–Crippen LogP) is 3.80. The number of aliphatic hydroxyl groups excluding tert-OH is 1. The molecule has 0 aromatic heterocycles. The number of hydrogen-bond acceptors (Lipinski definition) is 2. The van der Waals surface area contributed by atoms with Gasteiger partial charge in [-0.2, -0.15) is 0 Å². The normalized spacial score (nSPS) is 14.0. The van der Waals surface area contributed by atoms with Gasteiger partial charge in [0.15, 0.2) is 0 Å². The molecule has 0 heterocycles. The molecule has 1 unspecified atom stereocenters. The molecule has 0 aliphatic heterocycles. The van der Waals surface area contributed by atoms with Crippen molar-refractivity contribution in [2.24, 2.45) is 0 Å². The number of hydrogen-bond donors (Lipinski definition) is 1. The average Bonchev–Trinajstić information content (AvgIpc) is 2.33. The van der Waals surface area contributed by atoms with Crippen molar-refractivity contribution in [3.05, 3.63) is 34.3 Å². The van der Waals surface area contributed by atoms with Crippen LogP contribution in [0.4, 0.5) is 0 Å². The number of rotatable bonds is 5. The molecule has 0 radical (unpaired) electrons. The third-order valence-electron chi connectivity index (χ3n) is 3.76. The smallest absolute Gasteiger partial charge is 0.0968 e. The number of aryl methyl sites for hydroxylation is 1. The maximum Gasteiger partial charge on any atom is 0.0968 e. The molecule has 0 amide bonds. The first-order valence-corrected chi connectivity index (χ1v) is 6.91. The Labute approximate surface area is 116 Å². The summed E-state index contributed by atoms with van der Waals surface area (Å²) in [5.41, 5.74) is 1.61. The molecule has 0 spiro atoms. The van der Waals surface area contributed by atoms with Gasteiger partial charge in [0.2, 0.25) is 0 Å². The van der Waals surface area contributed by atoms with Gasteiger partial charge < -0.3 is 5.11 Å². The number of benzene rings is 1. The van der Waals surface area contributed by atoms with Crippen LogP contribution in [0.25, 0.3) is 0 Å². The van der Waals surface area contributed by atoms with Crippen molar-refractivity contribution >= 4 is 11.6 Å². The Kier molecular flexibility index (Phi) is 5.20. The van der Waals surface area contributed by atoms with E-state index in [4.69, 9.17) is 11.6 Å². The molecule has 0 saturated heterocycles. The number of halogens is 1. The lowest BCUT2D eigenvalue weighted by molar-refractivity contribution is -0.00626. The standard InChI is InChI=1S/C15H24ClNO/c1-6-17(7-2)15(4,5)14(18)12-9-8-11(3)13(16)10-12/h8-10,14,18H,6-7H2,1-5H3. The van der Waals surface area contributed by atoms with Crippen molar-refractivity contribution in [2.75, 3.05) is 13.1 Å². The lowest BCUT2D eigenvalue weighted by Gasteiger charge is -2.41. The molecule has 0 aliphatic rings. The molecule has 0 aliphatic carbocycles. The predicted molar refractivity (Wildman–Crippen MR) is 78.1 cm³/mol. The molecule has 102 valence electrons. The Bertz CT molecular complexity index is 399. The van der Waals surface area contributed by atoms with Crippen molar-refractivity contribution < 1.29 is 5.11 Å². The van der Waals surface area contributed by atoms with Gasteiger partial charge in [-0.05, 0) is 51.1 Å². The van der Waals surface area contributed by atoms with Crippen LogP contribution < -0.4 is 0 Å². The van der Waals surface area contributed by atoms with E-state index in [1.54, 1.807) is 0 Å².